The third kappa shape index (κ3) is 5.52. The van der Waals surface area contributed by atoms with Crippen LogP contribution in [0.5, 0.6) is 0 Å². The molecule has 0 bridgehead atoms. The van der Waals surface area contributed by atoms with E-state index in [9.17, 15) is 9.59 Å². The second-order valence-corrected chi connectivity index (χ2v) is 11.8. The van der Waals surface area contributed by atoms with Crippen molar-refractivity contribution in [3.8, 4) is 22.5 Å². The number of aromatic amines is 1. The molecule has 3 aromatic heterocycles. The molecule has 0 spiro atoms. The molecule has 228 valence electrons. The first-order valence-electron chi connectivity index (χ1n) is 15.8. The van der Waals surface area contributed by atoms with Crippen molar-refractivity contribution in [3.05, 3.63) is 117 Å². The molecule has 0 unspecified atom stereocenters. The van der Waals surface area contributed by atoms with E-state index in [0.29, 0.717) is 43.0 Å². The van der Waals surface area contributed by atoms with E-state index in [0.717, 1.165) is 59.3 Å². The van der Waals surface area contributed by atoms with Crippen molar-refractivity contribution >= 4 is 11.2 Å². The Balaban J connectivity index is 1.31. The predicted octanol–water partition coefficient (Wildman–Crippen LogP) is 5.57. The number of aryl methyl sites for hydroxylation is 2. The molecule has 1 fully saturated rings. The van der Waals surface area contributed by atoms with E-state index in [4.69, 9.17) is 4.98 Å². The molecule has 6 aromatic rings. The van der Waals surface area contributed by atoms with Crippen LogP contribution < -0.4 is 11.2 Å². The Morgan fingerprint density at radius 3 is 2.24 bits per heavy atom. The summed E-state index contributed by atoms with van der Waals surface area (Å²) in [6.07, 6.45) is 6.24. The Kier molecular flexibility index (Phi) is 7.94. The number of hydrogen-bond acceptors (Lipinski definition) is 6. The molecule has 3 heterocycles. The number of nitrogens with zero attached hydrogens (tertiary/aromatic N) is 7. The van der Waals surface area contributed by atoms with Crippen molar-refractivity contribution in [3.63, 3.8) is 0 Å². The molecule has 0 aliphatic heterocycles. The van der Waals surface area contributed by atoms with Gasteiger partial charge < -0.3 is 4.57 Å². The van der Waals surface area contributed by atoms with Gasteiger partial charge >= 0.3 is 5.69 Å². The summed E-state index contributed by atoms with van der Waals surface area (Å²) >= 11 is 0. The summed E-state index contributed by atoms with van der Waals surface area (Å²) in [5, 5.41) is 14.4. The van der Waals surface area contributed by atoms with Crippen molar-refractivity contribution in [1.29, 1.82) is 0 Å². The molecular formula is C35H36N8O2. The summed E-state index contributed by atoms with van der Waals surface area (Å²) in [6, 6.07) is 26.5. The number of hydrogen-bond donors (Lipinski definition) is 1. The highest BCUT2D eigenvalue weighted by Crippen LogP contribution is 2.34. The van der Waals surface area contributed by atoms with Crippen LogP contribution in [-0.2, 0) is 26.1 Å². The third-order valence-corrected chi connectivity index (χ3v) is 9.03. The molecule has 45 heavy (non-hydrogen) atoms. The van der Waals surface area contributed by atoms with Gasteiger partial charge in [-0.3, -0.25) is 13.9 Å². The standard InChI is InChI=1S/C35H36N8O2/c1-2-41-34(44)30-33(42(35(41)45)22-21-24-11-5-3-6-12-24)36-32(27-13-7-4-8-14-27)43(30)23-25-17-19-26(20-18-25)28-15-9-10-16-29(28)31-37-39-40-38-31/h3,5-6,9-12,15-20,27H,2,4,7-8,13-14,21-23H2,1H3,(H,37,38,39,40). The van der Waals surface area contributed by atoms with E-state index in [1.165, 1.54) is 11.0 Å². The molecule has 1 saturated carbocycles. The number of tetrazole rings is 1. The number of rotatable bonds is 9. The third-order valence-electron chi connectivity index (χ3n) is 9.03. The van der Waals surface area contributed by atoms with Crippen molar-refractivity contribution < 1.29 is 0 Å². The first kappa shape index (κ1) is 28.6. The minimum Gasteiger partial charge on any atom is -0.317 e. The first-order chi connectivity index (χ1) is 22.1. The van der Waals surface area contributed by atoms with Gasteiger partial charge in [-0.25, -0.2) is 14.9 Å². The highest BCUT2D eigenvalue weighted by atomic mass is 16.2. The van der Waals surface area contributed by atoms with Gasteiger partial charge in [0.1, 0.15) is 5.82 Å². The van der Waals surface area contributed by atoms with Gasteiger partial charge in [-0.05, 0) is 58.9 Å². The predicted molar refractivity (Wildman–Crippen MR) is 174 cm³/mol. The van der Waals surface area contributed by atoms with E-state index in [2.05, 4.69) is 67.7 Å². The molecule has 10 heteroatoms. The fraction of sp³-hybridized carbons (Fsp3) is 0.314. The summed E-state index contributed by atoms with van der Waals surface area (Å²) in [4.78, 5) is 32.8. The quantitative estimate of drug-likeness (QED) is 0.232. The zero-order chi connectivity index (χ0) is 30.8. The summed E-state index contributed by atoms with van der Waals surface area (Å²) in [5.74, 6) is 1.78. The Hall–Kier alpha value is -5.12. The molecule has 0 saturated heterocycles. The number of fused-ring (bicyclic) bond motifs is 1. The van der Waals surface area contributed by atoms with Crippen LogP contribution in [0.4, 0.5) is 0 Å². The highest BCUT2D eigenvalue weighted by Gasteiger charge is 2.27. The maximum absolute atomic E-state index is 14.0. The van der Waals surface area contributed by atoms with Crippen molar-refractivity contribution in [2.24, 2.45) is 0 Å². The van der Waals surface area contributed by atoms with Gasteiger partial charge in [0, 0.05) is 31.1 Å². The zero-order valence-electron chi connectivity index (χ0n) is 25.4. The summed E-state index contributed by atoms with van der Waals surface area (Å²) in [5.41, 5.74) is 5.62. The number of aromatic nitrogens is 8. The Morgan fingerprint density at radius 1 is 0.800 bits per heavy atom. The molecule has 1 N–H and O–H groups in total. The van der Waals surface area contributed by atoms with Gasteiger partial charge in [-0.2, -0.15) is 0 Å². The molecule has 0 atom stereocenters. The Bertz CT molecular complexity index is 2030. The SMILES string of the molecule is CCn1c(=O)c2c(nc(C3CCCCC3)n2Cc2ccc(-c3ccccc3-c3nnn[nH]3)cc2)n(CCc2ccccc2)c1=O. The fourth-order valence-corrected chi connectivity index (χ4v) is 6.69. The first-order valence-corrected chi connectivity index (χ1v) is 15.8. The van der Waals surface area contributed by atoms with Gasteiger partial charge in [0.05, 0.1) is 0 Å². The van der Waals surface area contributed by atoms with E-state index >= 15 is 0 Å². The van der Waals surface area contributed by atoms with Gasteiger partial charge in [-0.1, -0.05) is 98.1 Å². The smallest absolute Gasteiger partial charge is 0.317 e. The molecule has 0 radical (unpaired) electrons. The van der Waals surface area contributed by atoms with Crippen molar-refractivity contribution in [1.82, 2.24) is 39.3 Å². The minimum atomic E-state index is -0.296. The van der Waals surface area contributed by atoms with Crippen LogP contribution in [0.3, 0.4) is 0 Å². The second-order valence-electron chi connectivity index (χ2n) is 11.8. The monoisotopic (exact) mass is 600 g/mol. The van der Waals surface area contributed by atoms with Gasteiger partial charge in [0.15, 0.2) is 17.0 Å². The van der Waals surface area contributed by atoms with Crippen LogP contribution in [0.1, 0.15) is 61.9 Å². The molecular weight excluding hydrogens is 564 g/mol. The number of imidazole rings is 1. The number of H-pyrrole nitrogens is 1. The van der Waals surface area contributed by atoms with Crippen LogP contribution in [-0.4, -0.2) is 39.3 Å². The number of benzene rings is 3. The van der Waals surface area contributed by atoms with E-state index in [1.54, 1.807) is 4.57 Å². The summed E-state index contributed by atoms with van der Waals surface area (Å²) in [6.45, 7) is 3.10. The highest BCUT2D eigenvalue weighted by molar-refractivity contribution is 5.80. The molecule has 1 aliphatic rings. The Labute approximate surface area is 260 Å². The molecule has 10 nitrogen and oxygen atoms in total. The van der Waals surface area contributed by atoms with Crippen LogP contribution >= 0.6 is 0 Å². The van der Waals surface area contributed by atoms with Crippen LogP contribution in [0, 0.1) is 0 Å². The number of nitrogens with one attached hydrogen (secondary N) is 1. The molecule has 3 aromatic carbocycles. The zero-order valence-corrected chi connectivity index (χ0v) is 25.4. The lowest BCUT2D eigenvalue weighted by Gasteiger charge is -2.22. The van der Waals surface area contributed by atoms with Crippen LogP contribution in [0.15, 0.2) is 88.5 Å². The minimum absolute atomic E-state index is 0.250. The maximum atomic E-state index is 14.0. The van der Waals surface area contributed by atoms with Crippen LogP contribution in [0.2, 0.25) is 0 Å². The average Bonchev–Trinajstić information content (AvgIpc) is 3.76. The summed E-state index contributed by atoms with van der Waals surface area (Å²) < 4.78 is 5.17. The van der Waals surface area contributed by atoms with Gasteiger partial charge in [0.25, 0.3) is 5.56 Å². The van der Waals surface area contributed by atoms with E-state index < -0.39 is 0 Å². The largest absolute Gasteiger partial charge is 0.332 e. The normalized spacial score (nSPS) is 13.9. The maximum Gasteiger partial charge on any atom is 0.332 e. The fourth-order valence-electron chi connectivity index (χ4n) is 6.69. The lowest BCUT2D eigenvalue weighted by Crippen LogP contribution is -2.40. The molecule has 0 amide bonds. The Morgan fingerprint density at radius 2 is 1.53 bits per heavy atom. The van der Waals surface area contributed by atoms with Gasteiger partial charge in [0.2, 0.25) is 0 Å². The van der Waals surface area contributed by atoms with Crippen LogP contribution in [0.25, 0.3) is 33.7 Å². The summed E-state index contributed by atoms with van der Waals surface area (Å²) in [7, 11) is 0. The van der Waals surface area contributed by atoms with E-state index in [1.807, 2.05) is 43.3 Å². The molecule has 1 aliphatic carbocycles. The lowest BCUT2D eigenvalue weighted by atomic mass is 9.88. The van der Waals surface area contributed by atoms with Crippen molar-refractivity contribution in [2.45, 2.75) is 71.0 Å². The second kappa shape index (κ2) is 12.5. The topological polar surface area (TPSA) is 116 Å². The van der Waals surface area contributed by atoms with Gasteiger partial charge in [-0.15, -0.1) is 5.10 Å². The van der Waals surface area contributed by atoms with E-state index in [-0.39, 0.29) is 17.2 Å². The van der Waals surface area contributed by atoms with Crippen molar-refractivity contribution in [2.75, 3.05) is 0 Å². The average molecular weight is 601 g/mol. The molecule has 7 rings (SSSR count). The lowest BCUT2D eigenvalue weighted by molar-refractivity contribution is 0.419.